The molecule has 0 saturated carbocycles. The lowest BCUT2D eigenvalue weighted by atomic mass is 10.1. The van der Waals surface area contributed by atoms with Crippen molar-refractivity contribution in [3.05, 3.63) is 12.2 Å². The summed E-state index contributed by atoms with van der Waals surface area (Å²) in [4.78, 5) is 0. The van der Waals surface area contributed by atoms with Crippen LogP contribution in [-0.4, -0.2) is 12.1 Å². The minimum Gasteiger partial charge on any atom is -0.335 e. The molecule has 2 unspecified atom stereocenters. The van der Waals surface area contributed by atoms with Gasteiger partial charge in [0.15, 0.2) is 0 Å². The van der Waals surface area contributed by atoms with Crippen LogP contribution in [0.15, 0.2) is 12.2 Å². The highest BCUT2D eigenvalue weighted by Crippen LogP contribution is 2.13. The Morgan fingerprint density at radius 2 is 1.56 bits per heavy atom. The minimum atomic E-state index is 0.845. The Kier molecular flexibility index (Phi) is 1.31. The van der Waals surface area contributed by atoms with Crippen LogP contribution in [0.4, 0.5) is 0 Å². The van der Waals surface area contributed by atoms with Crippen molar-refractivity contribution in [3.63, 3.8) is 0 Å². The van der Waals surface area contributed by atoms with Crippen LogP contribution in [0.2, 0.25) is 0 Å². The van der Waals surface area contributed by atoms with Gasteiger partial charge >= 0.3 is 0 Å². The molecule has 1 saturated heterocycles. The molecule has 2 rings (SSSR count). The van der Waals surface area contributed by atoms with E-state index in [0.29, 0.717) is 0 Å². The van der Waals surface area contributed by atoms with Crippen molar-refractivity contribution in [2.24, 2.45) is 0 Å². The molecule has 9 heavy (non-hydrogen) atoms. The summed E-state index contributed by atoms with van der Waals surface area (Å²) in [5.41, 5.74) is 0. The third-order valence-electron chi connectivity index (χ3n) is 2.42. The summed E-state index contributed by atoms with van der Waals surface area (Å²) in [6.45, 7) is 0. The van der Waals surface area contributed by atoms with Gasteiger partial charge in [-0.1, -0.05) is 0 Å². The second-order valence-corrected chi connectivity index (χ2v) is 3.19. The SMILES string of the molecule is C1=CC2CCCCC1[NH2+]2. The summed E-state index contributed by atoms with van der Waals surface area (Å²) in [5, 5.41) is 2.51. The number of nitrogens with two attached hydrogens (primary N) is 1. The fourth-order valence-corrected chi connectivity index (χ4v) is 1.88. The van der Waals surface area contributed by atoms with Crippen molar-refractivity contribution >= 4 is 0 Å². The normalized spacial score (nSPS) is 40.9. The molecule has 0 amide bonds. The Labute approximate surface area is 56.1 Å². The molecule has 2 heterocycles. The number of hydrogen-bond donors (Lipinski definition) is 1. The van der Waals surface area contributed by atoms with Crippen molar-refractivity contribution in [2.75, 3.05) is 0 Å². The van der Waals surface area contributed by atoms with E-state index in [1.807, 2.05) is 0 Å². The van der Waals surface area contributed by atoms with Crippen LogP contribution in [0.25, 0.3) is 0 Å². The molecule has 2 N–H and O–H groups in total. The Hall–Kier alpha value is -0.300. The average molecular weight is 124 g/mol. The molecule has 0 aliphatic carbocycles. The summed E-state index contributed by atoms with van der Waals surface area (Å²) in [5.74, 6) is 0. The van der Waals surface area contributed by atoms with Crippen molar-refractivity contribution in [1.29, 1.82) is 0 Å². The van der Waals surface area contributed by atoms with Gasteiger partial charge in [0.05, 0.1) is 0 Å². The van der Waals surface area contributed by atoms with Crippen molar-refractivity contribution in [2.45, 2.75) is 37.8 Å². The summed E-state index contributed by atoms with van der Waals surface area (Å²) in [6, 6.07) is 1.69. The first kappa shape index (κ1) is 5.48. The summed E-state index contributed by atoms with van der Waals surface area (Å²) in [7, 11) is 0. The van der Waals surface area contributed by atoms with Gasteiger partial charge in [-0.05, 0) is 25.0 Å². The molecule has 2 aliphatic rings. The second-order valence-electron chi connectivity index (χ2n) is 3.19. The predicted molar refractivity (Wildman–Crippen MR) is 37.1 cm³/mol. The molecule has 1 nitrogen and oxygen atoms in total. The molecule has 0 spiro atoms. The summed E-state index contributed by atoms with van der Waals surface area (Å²) in [6.07, 6.45) is 10.5. The topological polar surface area (TPSA) is 16.6 Å². The molecule has 0 aromatic heterocycles. The Bertz CT molecular complexity index is 115. The van der Waals surface area contributed by atoms with Crippen molar-refractivity contribution < 1.29 is 5.32 Å². The van der Waals surface area contributed by atoms with Crippen LogP contribution in [0.1, 0.15) is 25.7 Å². The van der Waals surface area contributed by atoms with E-state index in [1.54, 1.807) is 0 Å². The molecule has 2 bridgehead atoms. The standard InChI is InChI=1S/C8H13N/c1-2-4-8-6-5-7(3-1)9-8/h5-9H,1-4H2/p+1. The lowest BCUT2D eigenvalue weighted by Crippen LogP contribution is -2.91. The van der Waals surface area contributed by atoms with Crippen molar-refractivity contribution in [3.8, 4) is 0 Å². The third-order valence-corrected chi connectivity index (χ3v) is 2.42. The van der Waals surface area contributed by atoms with E-state index in [-0.39, 0.29) is 0 Å². The molecule has 50 valence electrons. The van der Waals surface area contributed by atoms with E-state index < -0.39 is 0 Å². The summed E-state index contributed by atoms with van der Waals surface area (Å²) >= 11 is 0. The molecular formula is C8H14N+. The van der Waals surface area contributed by atoms with Crippen LogP contribution in [0, 0.1) is 0 Å². The van der Waals surface area contributed by atoms with E-state index in [0.717, 1.165) is 12.1 Å². The molecule has 0 aromatic carbocycles. The van der Waals surface area contributed by atoms with Crippen LogP contribution in [0.3, 0.4) is 0 Å². The zero-order valence-electron chi connectivity index (χ0n) is 5.72. The van der Waals surface area contributed by atoms with Gasteiger partial charge < -0.3 is 5.32 Å². The van der Waals surface area contributed by atoms with E-state index in [2.05, 4.69) is 17.5 Å². The van der Waals surface area contributed by atoms with Gasteiger partial charge in [-0.2, -0.15) is 0 Å². The molecular weight excluding hydrogens is 110 g/mol. The first-order valence-corrected chi connectivity index (χ1v) is 3.98. The Balaban J connectivity index is 2.08. The second kappa shape index (κ2) is 2.14. The third kappa shape index (κ3) is 1.01. The number of fused-ring (bicyclic) bond motifs is 2. The van der Waals surface area contributed by atoms with Gasteiger partial charge in [-0.3, -0.25) is 0 Å². The maximum absolute atomic E-state index is 2.51. The van der Waals surface area contributed by atoms with E-state index in [9.17, 15) is 0 Å². The smallest absolute Gasteiger partial charge is 0.105 e. The van der Waals surface area contributed by atoms with Gasteiger partial charge in [0, 0.05) is 12.8 Å². The fourth-order valence-electron chi connectivity index (χ4n) is 1.88. The first-order chi connectivity index (χ1) is 4.45. The Morgan fingerprint density at radius 3 is 2.11 bits per heavy atom. The van der Waals surface area contributed by atoms with Gasteiger partial charge in [0.25, 0.3) is 0 Å². The molecule has 0 aromatic rings. The quantitative estimate of drug-likeness (QED) is 0.451. The van der Waals surface area contributed by atoms with Crippen LogP contribution in [0.5, 0.6) is 0 Å². The highest BCUT2D eigenvalue weighted by molar-refractivity contribution is 4.99. The van der Waals surface area contributed by atoms with Gasteiger partial charge in [0.2, 0.25) is 0 Å². The fraction of sp³-hybridized carbons (Fsp3) is 0.750. The van der Waals surface area contributed by atoms with Crippen LogP contribution in [-0.2, 0) is 0 Å². The van der Waals surface area contributed by atoms with Crippen LogP contribution >= 0.6 is 0 Å². The molecule has 2 atom stereocenters. The van der Waals surface area contributed by atoms with Crippen LogP contribution < -0.4 is 5.32 Å². The highest BCUT2D eigenvalue weighted by atomic mass is 15.0. The zero-order chi connectivity index (χ0) is 6.10. The minimum absolute atomic E-state index is 0.845. The van der Waals surface area contributed by atoms with Gasteiger partial charge in [-0.25, -0.2) is 0 Å². The molecule has 1 heteroatoms. The maximum atomic E-state index is 2.51. The monoisotopic (exact) mass is 124 g/mol. The Morgan fingerprint density at radius 1 is 1.00 bits per heavy atom. The molecule has 1 fully saturated rings. The van der Waals surface area contributed by atoms with E-state index in [4.69, 9.17) is 0 Å². The largest absolute Gasteiger partial charge is 0.335 e. The van der Waals surface area contributed by atoms with Gasteiger partial charge in [-0.15, -0.1) is 0 Å². The van der Waals surface area contributed by atoms with E-state index in [1.165, 1.54) is 25.7 Å². The highest BCUT2D eigenvalue weighted by Gasteiger charge is 2.23. The molecule has 2 aliphatic heterocycles. The average Bonchev–Trinajstić information content (AvgIpc) is 2.09. The lowest BCUT2D eigenvalue weighted by molar-refractivity contribution is -0.693. The number of quaternary nitrogens is 1. The van der Waals surface area contributed by atoms with E-state index >= 15 is 0 Å². The van der Waals surface area contributed by atoms with Crippen molar-refractivity contribution in [1.82, 2.24) is 0 Å². The van der Waals surface area contributed by atoms with Gasteiger partial charge in [0.1, 0.15) is 12.1 Å². The number of hydrogen-bond acceptors (Lipinski definition) is 0. The lowest BCUT2D eigenvalue weighted by Gasteiger charge is -2.03. The molecule has 0 radical (unpaired) electrons. The predicted octanol–water partition coefficient (Wildman–Crippen LogP) is 0.431. The first-order valence-electron chi connectivity index (χ1n) is 3.98. The maximum Gasteiger partial charge on any atom is 0.105 e. The summed E-state index contributed by atoms with van der Waals surface area (Å²) < 4.78 is 0. The number of rotatable bonds is 0. The zero-order valence-corrected chi connectivity index (χ0v) is 5.72.